The maximum Gasteiger partial charge on any atom is 2.00 e. The molecular formula is C44H54N2NiO8. The van der Waals surface area contributed by atoms with Gasteiger partial charge in [0.05, 0.1) is 22.9 Å². The summed E-state index contributed by atoms with van der Waals surface area (Å²) in [6.45, 7) is 24.6. The molecule has 0 radical (unpaired) electrons. The van der Waals surface area contributed by atoms with E-state index in [2.05, 4.69) is 101 Å². The Morgan fingerprint density at radius 1 is 0.564 bits per heavy atom. The quantitative estimate of drug-likeness (QED) is 0.0732. The first-order chi connectivity index (χ1) is 25.2. The number of carboxylic acid groups (broad SMARTS) is 2. The molecule has 0 amide bonds. The van der Waals surface area contributed by atoms with Crippen LogP contribution in [0.4, 0.5) is 21.0 Å². The minimum atomic E-state index is -1.68. The number of carbonyl (C=O) groups excluding carboxylic acids is 2. The topological polar surface area (TPSA) is 164 Å². The van der Waals surface area contributed by atoms with Crippen molar-refractivity contribution in [3.8, 4) is 23.0 Å². The second-order valence-corrected chi connectivity index (χ2v) is 14.3. The molecule has 55 heavy (non-hydrogen) atoms. The second kappa shape index (κ2) is 22.3. The van der Waals surface area contributed by atoms with Crippen LogP contribution in [0.3, 0.4) is 0 Å². The maximum absolute atomic E-state index is 10.1. The molecule has 0 saturated heterocycles. The van der Waals surface area contributed by atoms with Gasteiger partial charge >= 0.3 is 16.5 Å². The van der Waals surface area contributed by atoms with Crippen LogP contribution in [0, 0.1) is 27.7 Å². The Balaban J connectivity index is 0.000000466. The van der Waals surface area contributed by atoms with Gasteiger partial charge in [-0.05, 0) is 108 Å². The molecule has 11 heteroatoms. The van der Waals surface area contributed by atoms with Crippen molar-refractivity contribution in [2.24, 2.45) is 9.98 Å². The van der Waals surface area contributed by atoms with Gasteiger partial charge in [-0.15, -0.1) is 0 Å². The van der Waals surface area contributed by atoms with E-state index in [1.807, 2.05) is 12.4 Å². The Bertz CT molecular complexity index is 1770. The number of phenols is 2. The molecule has 0 atom stereocenters. The minimum Gasteiger partial charge on any atom is -0.510 e. The largest absolute Gasteiger partial charge is 2.00 e. The standard InChI is InChI=1S/C26H36N2.2C9H10O4.Ni/c1-17(2)21-11-9-12-22(18(3)4)25(21)27-15-16-28-26-23(19(5)6)13-10-14-24(26)20(7)8;2*1-5-3-6(2)8(10)7(4-5)13-9(11)12;/h9-20H,1-8H3;2*3-4,10H,1-2H3,(H,11,12);/q;;;+2/p-2. The molecule has 4 aromatic carbocycles. The molecule has 0 unspecified atom stereocenters. The fourth-order valence-corrected chi connectivity index (χ4v) is 5.71. The van der Waals surface area contributed by atoms with Gasteiger partial charge in [0, 0.05) is 12.4 Å². The summed E-state index contributed by atoms with van der Waals surface area (Å²) in [4.78, 5) is 29.9. The van der Waals surface area contributed by atoms with Crippen LogP contribution in [0.5, 0.6) is 23.0 Å². The zero-order chi connectivity index (χ0) is 40.9. The number of ether oxygens (including phenoxy) is 2. The zero-order valence-corrected chi connectivity index (χ0v) is 34.8. The molecule has 2 N–H and O–H groups in total. The molecule has 0 aliphatic rings. The summed E-state index contributed by atoms with van der Waals surface area (Å²) in [6, 6.07) is 19.3. The van der Waals surface area contributed by atoms with Crippen LogP contribution in [0.15, 0.2) is 70.6 Å². The van der Waals surface area contributed by atoms with Gasteiger partial charge < -0.3 is 39.5 Å². The molecule has 0 aliphatic heterocycles. The van der Waals surface area contributed by atoms with Gasteiger partial charge in [-0.2, -0.15) is 0 Å². The third-order valence-corrected chi connectivity index (χ3v) is 8.37. The summed E-state index contributed by atoms with van der Waals surface area (Å²) in [7, 11) is 0. The number of rotatable bonds is 9. The van der Waals surface area contributed by atoms with E-state index in [-0.39, 0.29) is 39.5 Å². The van der Waals surface area contributed by atoms with Gasteiger partial charge in [0.1, 0.15) is 11.5 Å². The van der Waals surface area contributed by atoms with Crippen LogP contribution < -0.4 is 19.7 Å². The van der Waals surface area contributed by atoms with Crippen LogP contribution in [0.1, 0.15) is 124 Å². The second-order valence-electron chi connectivity index (χ2n) is 14.3. The van der Waals surface area contributed by atoms with Crippen LogP contribution in [0.25, 0.3) is 0 Å². The number of para-hydroxylation sites is 2. The number of carbonyl (C=O) groups is 2. The molecule has 0 saturated carbocycles. The van der Waals surface area contributed by atoms with Gasteiger partial charge in [-0.1, -0.05) is 104 Å². The Morgan fingerprint density at radius 2 is 0.836 bits per heavy atom. The van der Waals surface area contributed by atoms with Crippen molar-refractivity contribution in [3.63, 3.8) is 0 Å². The van der Waals surface area contributed by atoms with Crippen LogP contribution in [-0.4, -0.2) is 35.0 Å². The predicted molar refractivity (Wildman–Crippen MR) is 213 cm³/mol. The number of benzene rings is 4. The van der Waals surface area contributed by atoms with Crippen LogP contribution >= 0.6 is 0 Å². The molecule has 0 heterocycles. The number of hydrogen-bond donors (Lipinski definition) is 2. The normalized spacial score (nSPS) is 11.0. The fraction of sp³-hybridized carbons (Fsp3) is 0.364. The van der Waals surface area contributed by atoms with Crippen molar-refractivity contribution in [3.05, 3.63) is 105 Å². The van der Waals surface area contributed by atoms with Crippen molar-refractivity contribution in [2.75, 3.05) is 0 Å². The van der Waals surface area contributed by atoms with E-state index in [0.29, 0.717) is 34.8 Å². The average molecular weight is 798 g/mol. The van der Waals surface area contributed by atoms with Crippen molar-refractivity contribution in [1.82, 2.24) is 0 Å². The van der Waals surface area contributed by atoms with Crippen molar-refractivity contribution in [1.29, 1.82) is 0 Å². The summed E-state index contributed by atoms with van der Waals surface area (Å²) in [6.07, 6.45) is 0.350. The van der Waals surface area contributed by atoms with E-state index in [4.69, 9.17) is 9.98 Å². The third-order valence-electron chi connectivity index (χ3n) is 8.37. The maximum atomic E-state index is 10.1. The van der Waals surface area contributed by atoms with Gasteiger partial charge in [-0.3, -0.25) is 9.98 Å². The molecule has 0 spiro atoms. The van der Waals surface area contributed by atoms with E-state index in [9.17, 15) is 30.0 Å². The van der Waals surface area contributed by atoms with E-state index in [1.54, 1.807) is 39.8 Å². The average Bonchev–Trinajstić information content (AvgIpc) is 3.07. The summed E-state index contributed by atoms with van der Waals surface area (Å²) in [5.41, 5.74) is 10.1. The molecule has 298 valence electrons. The summed E-state index contributed by atoms with van der Waals surface area (Å²) in [5, 5.41) is 38.9. The molecular weight excluding hydrogens is 743 g/mol. The number of hydrogen-bond acceptors (Lipinski definition) is 10. The van der Waals surface area contributed by atoms with Gasteiger partial charge in [0.25, 0.3) is 12.3 Å². The third kappa shape index (κ3) is 14.6. The smallest absolute Gasteiger partial charge is 0.510 e. The van der Waals surface area contributed by atoms with Gasteiger partial charge in [0.2, 0.25) is 0 Å². The first-order valence-corrected chi connectivity index (χ1v) is 17.9. The number of aromatic hydroxyl groups is 2. The number of nitrogens with zero attached hydrogens (tertiary/aromatic N) is 2. The molecule has 0 aliphatic carbocycles. The fourth-order valence-electron chi connectivity index (χ4n) is 5.71. The Kier molecular flexibility index (Phi) is 19.4. The molecule has 0 bridgehead atoms. The Morgan fingerprint density at radius 3 is 1.07 bits per heavy atom. The van der Waals surface area contributed by atoms with E-state index < -0.39 is 12.3 Å². The minimum absolute atomic E-state index is 0. The summed E-state index contributed by atoms with van der Waals surface area (Å²) < 4.78 is 8.52. The first kappa shape index (κ1) is 47.9. The Hall–Kier alpha value is -5.15. The van der Waals surface area contributed by atoms with Crippen molar-refractivity contribution >= 4 is 36.1 Å². The Labute approximate surface area is 335 Å². The molecule has 0 aromatic heterocycles. The zero-order valence-electron chi connectivity index (χ0n) is 33.8. The number of aliphatic imine (C=N–C) groups is 2. The molecule has 4 rings (SSSR count). The van der Waals surface area contributed by atoms with E-state index >= 15 is 0 Å². The van der Waals surface area contributed by atoms with Crippen LogP contribution in [0.2, 0.25) is 0 Å². The van der Waals surface area contributed by atoms with Crippen molar-refractivity contribution < 1.29 is 56.0 Å². The molecule has 0 fully saturated rings. The predicted octanol–water partition coefficient (Wildman–Crippen LogP) is 9.74. The van der Waals surface area contributed by atoms with Crippen molar-refractivity contribution in [2.45, 2.75) is 107 Å². The SMILES string of the molecule is CC(C)c1cccc(C(C)C)c1N=CC=Nc1c(C(C)C)cccc1C(C)C.Cc1cc(C)c(O)c(OC(=O)[O-])c1.Cc1cc(C)c(O)c(OC(=O)[O-])c1.[Ni+2]. The summed E-state index contributed by atoms with van der Waals surface area (Å²) in [5.74, 6) is 1.25. The van der Waals surface area contributed by atoms with Gasteiger partial charge in [-0.25, -0.2) is 0 Å². The molecule has 4 aromatic rings. The van der Waals surface area contributed by atoms with Crippen LogP contribution in [-0.2, 0) is 16.5 Å². The number of aryl methyl sites for hydroxylation is 4. The van der Waals surface area contributed by atoms with E-state index in [1.165, 1.54) is 34.4 Å². The van der Waals surface area contributed by atoms with Gasteiger partial charge in [0.15, 0.2) is 0 Å². The number of phenolic OH excluding ortho intramolecular Hbond substituents is 2. The summed E-state index contributed by atoms with van der Waals surface area (Å²) >= 11 is 0. The first-order valence-electron chi connectivity index (χ1n) is 17.9. The van der Waals surface area contributed by atoms with E-state index in [0.717, 1.165) is 22.5 Å². The molecule has 10 nitrogen and oxygen atoms in total. The monoisotopic (exact) mass is 796 g/mol.